The van der Waals surface area contributed by atoms with E-state index in [0.29, 0.717) is 6.42 Å². The lowest BCUT2D eigenvalue weighted by Crippen LogP contribution is -2.74. The van der Waals surface area contributed by atoms with E-state index >= 15 is 0 Å². The molecule has 1 N–H and O–H groups in total. The Balaban J connectivity index is 3.18. The van der Waals surface area contributed by atoms with Crippen molar-refractivity contribution in [3.05, 3.63) is 0 Å². The largest absolute Gasteiger partial charge is 0.394 e. The summed E-state index contributed by atoms with van der Waals surface area (Å²) in [5.41, 5.74) is -1.01. The number of amides is 1. The van der Waals surface area contributed by atoms with Gasteiger partial charge in [-0.2, -0.15) is 0 Å². The van der Waals surface area contributed by atoms with Crippen LogP contribution in [-0.4, -0.2) is 40.6 Å². The molecule has 0 bridgehead atoms. The summed E-state index contributed by atoms with van der Waals surface area (Å²) >= 11 is 0. The van der Waals surface area contributed by atoms with E-state index in [1.165, 1.54) is 13.8 Å². The molecule has 6 heteroatoms. The summed E-state index contributed by atoms with van der Waals surface area (Å²) in [6.45, 7) is 5.72. The molecule has 1 atom stereocenters. The molecule has 0 spiro atoms. The Bertz CT molecular complexity index is 381. The zero-order valence-corrected chi connectivity index (χ0v) is 10.3. The van der Waals surface area contributed by atoms with Crippen LogP contribution in [0.3, 0.4) is 0 Å². The highest BCUT2D eigenvalue weighted by Gasteiger charge is 2.64. The van der Waals surface area contributed by atoms with Gasteiger partial charge in [-0.15, -0.1) is 0 Å². The minimum atomic E-state index is -3.61. The number of carbonyl (C=O) groups is 1. The van der Waals surface area contributed by atoms with Gasteiger partial charge in [0, 0.05) is 0 Å². The van der Waals surface area contributed by atoms with Gasteiger partial charge in [0.05, 0.1) is 12.1 Å². The quantitative estimate of drug-likeness (QED) is 0.752. The Labute approximate surface area is 90.1 Å². The number of aliphatic hydroxyl groups excluding tert-OH is 1. The van der Waals surface area contributed by atoms with Gasteiger partial charge in [-0.25, -0.2) is 12.7 Å². The lowest BCUT2D eigenvalue weighted by molar-refractivity contribution is -0.138. The topological polar surface area (TPSA) is 74.7 Å². The first-order valence-electron chi connectivity index (χ1n) is 4.85. The first-order chi connectivity index (χ1) is 6.65. The molecule has 1 fully saturated rings. The average Bonchev–Trinajstić information content (AvgIpc) is 2.17. The highest BCUT2D eigenvalue weighted by molar-refractivity contribution is 7.94. The lowest BCUT2D eigenvalue weighted by Gasteiger charge is -2.51. The van der Waals surface area contributed by atoms with Crippen molar-refractivity contribution < 1.29 is 18.3 Å². The van der Waals surface area contributed by atoms with Crippen molar-refractivity contribution in [2.45, 2.75) is 44.4 Å². The fraction of sp³-hybridized carbons (Fsp3) is 0.889. The van der Waals surface area contributed by atoms with Gasteiger partial charge in [0.15, 0.2) is 4.75 Å². The SMILES string of the molecule is CCC(C)(CO)N1C(=O)C(C)(C)S1(=O)=O. The lowest BCUT2D eigenvalue weighted by atomic mass is 9.98. The summed E-state index contributed by atoms with van der Waals surface area (Å²) in [5, 5.41) is 9.18. The maximum absolute atomic E-state index is 11.8. The summed E-state index contributed by atoms with van der Waals surface area (Å²) in [4.78, 5) is 11.7. The van der Waals surface area contributed by atoms with Crippen LogP contribution in [0.25, 0.3) is 0 Å². The Hall–Kier alpha value is -0.620. The van der Waals surface area contributed by atoms with E-state index in [9.17, 15) is 18.3 Å². The van der Waals surface area contributed by atoms with Crippen LogP contribution in [0, 0.1) is 0 Å². The van der Waals surface area contributed by atoms with Crippen LogP contribution in [0.1, 0.15) is 34.1 Å². The van der Waals surface area contributed by atoms with E-state index in [-0.39, 0.29) is 6.61 Å². The van der Waals surface area contributed by atoms with Gasteiger partial charge >= 0.3 is 0 Å². The molecule has 1 saturated heterocycles. The average molecular weight is 235 g/mol. The Morgan fingerprint density at radius 2 is 1.93 bits per heavy atom. The van der Waals surface area contributed by atoms with E-state index in [2.05, 4.69) is 0 Å². The maximum Gasteiger partial charge on any atom is 0.259 e. The normalized spacial score (nSPS) is 27.0. The standard InChI is InChI=1S/C9H17NO4S/c1-5-9(4,6-11)10-7(12)8(2,3)15(10,13)14/h11H,5-6H2,1-4H3. The fourth-order valence-corrected chi connectivity index (χ4v) is 3.36. The first kappa shape index (κ1) is 12.4. The van der Waals surface area contributed by atoms with Gasteiger partial charge in [0.25, 0.3) is 15.9 Å². The van der Waals surface area contributed by atoms with Crippen molar-refractivity contribution in [1.29, 1.82) is 0 Å². The third-order valence-corrected chi connectivity index (χ3v) is 5.73. The molecule has 0 radical (unpaired) electrons. The number of hydrogen-bond acceptors (Lipinski definition) is 4. The van der Waals surface area contributed by atoms with Crippen molar-refractivity contribution in [3.8, 4) is 0 Å². The predicted molar refractivity (Wildman–Crippen MR) is 55.6 cm³/mol. The minimum Gasteiger partial charge on any atom is -0.394 e. The molecule has 5 nitrogen and oxygen atoms in total. The molecule has 1 amide bonds. The van der Waals surface area contributed by atoms with Crippen LogP contribution >= 0.6 is 0 Å². The van der Waals surface area contributed by atoms with E-state index < -0.39 is 26.2 Å². The zero-order valence-electron chi connectivity index (χ0n) is 9.44. The second-order valence-electron chi connectivity index (χ2n) is 4.59. The van der Waals surface area contributed by atoms with Gasteiger partial charge < -0.3 is 5.11 Å². The number of sulfonamides is 1. The molecule has 1 aliphatic heterocycles. The van der Waals surface area contributed by atoms with Gasteiger partial charge in [-0.3, -0.25) is 4.79 Å². The van der Waals surface area contributed by atoms with Crippen molar-refractivity contribution in [2.75, 3.05) is 6.61 Å². The number of hydrogen-bond donors (Lipinski definition) is 1. The van der Waals surface area contributed by atoms with Crippen LogP contribution < -0.4 is 0 Å². The molecule has 1 heterocycles. The van der Waals surface area contributed by atoms with Gasteiger partial charge in [-0.1, -0.05) is 6.92 Å². The van der Waals surface area contributed by atoms with E-state index in [1.807, 2.05) is 0 Å². The highest BCUT2D eigenvalue weighted by atomic mass is 32.2. The summed E-state index contributed by atoms with van der Waals surface area (Å²) < 4.78 is 23.2. The zero-order chi connectivity index (χ0) is 12.1. The van der Waals surface area contributed by atoms with Gasteiger partial charge in [0.2, 0.25) is 0 Å². The van der Waals surface area contributed by atoms with Gasteiger partial charge in [0.1, 0.15) is 0 Å². The van der Waals surface area contributed by atoms with E-state index in [0.717, 1.165) is 4.31 Å². The van der Waals surface area contributed by atoms with Gasteiger partial charge in [-0.05, 0) is 27.2 Å². The molecule has 1 unspecified atom stereocenters. The minimum absolute atomic E-state index is 0.357. The van der Waals surface area contributed by atoms with Crippen LogP contribution in [0.15, 0.2) is 0 Å². The molecule has 1 rings (SSSR count). The summed E-state index contributed by atoms with van der Waals surface area (Å²) in [5.74, 6) is -0.444. The molecular formula is C9H17NO4S. The summed E-state index contributed by atoms with van der Waals surface area (Å²) in [6, 6.07) is 0. The number of carbonyl (C=O) groups excluding carboxylic acids is 1. The van der Waals surface area contributed by atoms with Crippen molar-refractivity contribution in [1.82, 2.24) is 4.31 Å². The molecule has 0 aliphatic carbocycles. The summed E-state index contributed by atoms with van der Waals surface area (Å²) in [6.07, 6.45) is 0.393. The molecule has 0 saturated carbocycles. The Morgan fingerprint density at radius 3 is 2.20 bits per heavy atom. The van der Waals surface area contributed by atoms with Crippen molar-refractivity contribution in [2.24, 2.45) is 0 Å². The Morgan fingerprint density at radius 1 is 1.47 bits per heavy atom. The van der Waals surface area contributed by atoms with Crippen molar-refractivity contribution >= 4 is 15.9 Å². The fourth-order valence-electron chi connectivity index (χ4n) is 1.51. The van der Waals surface area contributed by atoms with E-state index in [1.54, 1.807) is 13.8 Å². The molecular weight excluding hydrogens is 218 g/mol. The monoisotopic (exact) mass is 235 g/mol. The molecule has 1 aliphatic rings. The third-order valence-electron chi connectivity index (χ3n) is 3.18. The van der Waals surface area contributed by atoms with Crippen molar-refractivity contribution in [3.63, 3.8) is 0 Å². The number of rotatable bonds is 3. The molecule has 15 heavy (non-hydrogen) atoms. The van der Waals surface area contributed by atoms with Crippen LogP contribution in [-0.2, 0) is 14.8 Å². The first-order valence-corrected chi connectivity index (χ1v) is 6.29. The summed E-state index contributed by atoms with van der Waals surface area (Å²) in [7, 11) is -3.61. The second-order valence-corrected chi connectivity index (χ2v) is 6.93. The van der Waals surface area contributed by atoms with Crippen LogP contribution in [0.2, 0.25) is 0 Å². The molecule has 0 aromatic carbocycles. The Kier molecular flexibility index (Phi) is 2.64. The maximum atomic E-state index is 11.8. The van der Waals surface area contributed by atoms with Crippen LogP contribution in [0.4, 0.5) is 0 Å². The number of nitrogens with zero attached hydrogens (tertiary/aromatic N) is 1. The molecule has 0 aromatic heterocycles. The third kappa shape index (κ3) is 1.31. The van der Waals surface area contributed by atoms with E-state index in [4.69, 9.17) is 0 Å². The molecule has 88 valence electrons. The smallest absolute Gasteiger partial charge is 0.259 e. The predicted octanol–water partition coefficient (Wildman–Crippen LogP) is 0.0980. The second kappa shape index (κ2) is 3.18. The molecule has 0 aromatic rings. The highest BCUT2D eigenvalue weighted by Crippen LogP contribution is 2.41. The number of aliphatic hydroxyl groups is 1. The van der Waals surface area contributed by atoms with Crippen LogP contribution in [0.5, 0.6) is 0 Å².